The second kappa shape index (κ2) is 8.78. The molecule has 0 fully saturated rings. The second-order valence-electron chi connectivity index (χ2n) is 5.21. The Morgan fingerprint density at radius 1 is 1.05 bits per heavy atom. The van der Waals surface area contributed by atoms with Crippen LogP contribution in [-0.2, 0) is 6.42 Å². The maximum atomic E-state index is 5.89. The van der Waals surface area contributed by atoms with Gasteiger partial charge in [-0.2, -0.15) is 0 Å². The van der Waals surface area contributed by atoms with Gasteiger partial charge >= 0.3 is 0 Å². The molecule has 0 bridgehead atoms. The summed E-state index contributed by atoms with van der Waals surface area (Å²) in [6.07, 6.45) is 3.33. The minimum absolute atomic E-state index is 0.774. The van der Waals surface area contributed by atoms with Crippen LogP contribution in [0.25, 0.3) is 0 Å². The summed E-state index contributed by atoms with van der Waals surface area (Å²) in [5, 5.41) is 0. The average Bonchev–Trinajstić information content (AvgIpc) is 2.52. The molecule has 0 spiro atoms. The lowest BCUT2D eigenvalue weighted by atomic mass is 10.1. The van der Waals surface area contributed by atoms with Crippen LogP contribution in [0, 0.1) is 6.92 Å². The van der Waals surface area contributed by atoms with Crippen molar-refractivity contribution in [2.45, 2.75) is 38.0 Å². The summed E-state index contributed by atoms with van der Waals surface area (Å²) >= 11 is 1.92. The Hall–Kier alpha value is -1.41. The third-order valence-electron chi connectivity index (χ3n) is 3.34. The molecule has 0 unspecified atom stereocenters. The van der Waals surface area contributed by atoms with Crippen molar-refractivity contribution in [1.82, 2.24) is 0 Å². The molecule has 1 nitrogen and oxygen atoms in total. The molecule has 2 aromatic rings. The van der Waals surface area contributed by atoms with Gasteiger partial charge in [0.05, 0.1) is 6.61 Å². The van der Waals surface area contributed by atoms with Gasteiger partial charge in [0.15, 0.2) is 0 Å². The minimum atomic E-state index is 0.774. The van der Waals surface area contributed by atoms with Crippen molar-refractivity contribution < 1.29 is 4.74 Å². The average molecular weight is 300 g/mol. The highest BCUT2D eigenvalue weighted by Gasteiger charge is 2.02. The molecule has 0 aliphatic heterocycles. The van der Waals surface area contributed by atoms with Gasteiger partial charge in [0.2, 0.25) is 0 Å². The Balaban J connectivity index is 1.80. The molecule has 0 saturated carbocycles. The minimum Gasteiger partial charge on any atom is -0.494 e. The second-order valence-corrected chi connectivity index (χ2v) is 6.35. The number of ether oxygens (including phenoxy) is 1. The number of rotatable bonds is 8. The van der Waals surface area contributed by atoms with Gasteiger partial charge in [0.1, 0.15) is 5.75 Å². The first-order valence-electron chi connectivity index (χ1n) is 7.69. The standard InChI is InChI=1S/C19H24OS/c1-3-14-21-19-15-18(12-11-16(19)2)20-13-7-10-17-8-5-4-6-9-17/h4-6,8-9,11-12,15H,3,7,10,13-14H2,1-2H3. The number of benzene rings is 2. The highest BCUT2D eigenvalue weighted by atomic mass is 32.2. The smallest absolute Gasteiger partial charge is 0.120 e. The quantitative estimate of drug-likeness (QED) is 0.469. The molecule has 0 atom stereocenters. The van der Waals surface area contributed by atoms with E-state index in [-0.39, 0.29) is 0 Å². The van der Waals surface area contributed by atoms with Gasteiger partial charge in [-0.15, -0.1) is 11.8 Å². The highest BCUT2D eigenvalue weighted by molar-refractivity contribution is 7.99. The van der Waals surface area contributed by atoms with Crippen LogP contribution in [0.3, 0.4) is 0 Å². The van der Waals surface area contributed by atoms with Gasteiger partial charge in [-0.05, 0) is 55.2 Å². The van der Waals surface area contributed by atoms with E-state index >= 15 is 0 Å². The highest BCUT2D eigenvalue weighted by Crippen LogP contribution is 2.27. The fourth-order valence-corrected chi connectivity index (χ4v) is 3.07. The lowest BCUT2D eigenvalue weighted by molar-refractivity contribution is 0.310. The van der Waals surface area contributed by atoms with Crippen LogP contribution in [-0.4, -0.2) is 12.4 Å². The van der Waals surface area contributed by atoms with E-state index in [4.69, 9.17) is 4.74 Å². The fraction of sp³-hybridized carbons (Fsp3) is 0.368. The van der Waals surface area contributed by atoms with Gasteiger partial charge in [0, 0.05) is 4.90 Å². The fourth-order valence-electron chi connectivity index (χ4n) is 2.15. The molecule has 2 heteroatoms. The molecule has 0 N–H and O–H groups in total. The molecular formula is C19H24OS. The maximum Gasteiger partial charge on any atom is 0.120 e. The predicted octanol–water partition coefficient (Wildman–Crippen LogP) is 5.51. The zero-order valence-corrected chi connectivity index (χ0v) is 13.8. The molecule has 0 aliphatic rings. The SMILES string of the molecule is CCCSc1cc(OCCCc2ccccc2)ccc1C. The first-order valence-corrected chi connectivity index (χ1v) is 8.68. The van der Waals surface area contributed by atoms with Crippen LogP contribution in [0.4, 0.5) is 0 Å². The summed E-state index contributed by atoms with van der Waals surface area (Å²) in [4.78, 5) is 1.34. The van der Waals surface area contributed by atoms with E-state index in [0.717, 1.165) is 31.0 Å². The first kappa shape index (κ1) is 16.0. The molecule has 2 rings (SSSR count). The van der Waals surface area contributed by atoms with E-state index in [1.807, 2.05) is 11.8 Å². The third kappa shape index (κ3) is 5.47. The predicted molar refractivity (Wildman–Crippen MR) is 92.5 cm³/mol. The van der Waals surface area contributed by atoms with E-state index in [2.05, 4.69) is 62.4 Å². The Bertz CT molecular complexity index is 537. The van der Waals surface area contributed by atoms with Crippen molar-refractivity contribution in [3.63, 3.8) is 0 Å². The van der Waals surface area contributed by atoms with Crippen LogP contribution < -0.4 is 4.74 Å². The van der Waals surface area contributed by atoms with E-state index < -0.39 is 0 Å². The lowest BCUT2D eigenvalue weighted by Crippen LogP contribution is -1.99. The topological polar surface area (TPSA) is 9.23 Å². The Morgan fingerprint density at radius 3 is 2.62 bits per heavy atom. The Morgan fingerprint density at radius 2 is 1.86 bits per heavy atom. The Kier molecular flexibility index (Phi) is 6.68. The van der Waals surface area contributed by atoms with Crippen molar-refractivity contribution in [3.8, 4) is 5.75 Å². The van der Waals surface area contributed by atoms with E-state index in [1.54, 1.807) is 0 Å². The molecule has 2 aromatic carbocycles. The van der Waals surface area contributed by atoms with E-state index in [1.165, 1.54) is 22.4 Å². The maximum absolute atomic E-state index is 5.89. The van der Waals surface area contributed by atoms with Crippen molar-refractivity contribution in [1.29, 1.82) is 0 Å². The third-order valence-corrected chi connectivity index (χ3v) is 4.71. The van der Waals surface area contributed by atoms with Crippen LogP contribution >= 0.6 is 11.8 Å². The summed E-state index contributed by atoms with van der Waals surface area (Å²) in [6.45, 7) is 5.15. The Labute approximate surface area is 132 Å². The zero-order valence-electron chi connectivity index (χ0n) is 13.0. The van der Waals surface area contributed by atoms with Gasteiger partial charge in [0.25, 0.3) is 0 Å². The van der Waals surface area contributed by atoms with Gasteiger partial charge in [-0.3, -0.25) is 0 Å². The van der Waals surface area contributed by atoms with Crippen molar-refractivity contribution in [2.75, 3.05) is 12.4 Å². The molecule has 0 aromatic heterocycles. The number of hydrogen-bond acceptors (Lipinski definition) is 2. The molecule has 0 aliphatic carbocycles. The van der Waals surface area contributed by atoms with Gasteiger partial charge in [-0.25, -0.2) is 0 Å². The van der Waals surface area contributed by atoms with Crippen LogP contribution in [0.15, 0.2) is 53.4 Å². The number of thioether (sulfide) groups is 1. The van der Waals surface area contributed by atoms with E-state index in [0.29, 0.717) is 0 Å². The van der Waals surface area contributed by atoms with Crippen molar-refractivity contribution >= 4 is 11.8 Å². The summed E-state index contributed by atoms with van der Waals surface area (Å²) in [5.41, 5.74) is 2.72. The largest absolute Gasteiger partial charge is 0.494 e. The monoisotopic (exact) mass is 300 g/mol. The number of hydrogen-bond donors (Lipinski definition) is 0. The van der Waals surface area contributed by atoms with E-state index in [9.17, 15) is 0 Å². The lowest BCUT2D eigenvalue weighted by Gasteiger charge is -2.10. The molecule has 21 heavy (non-hydrogen) atoms. The summed E-state index contributed by atoms with van der Waals surface area (Å²) in [7, 11) is 0. The summed E-state index contributed by atoms with van der Waals surface area (Å²) < 4.78 is 5.89. The molecular weight excluding hydrogens is 276 g/mol. The molecule has 0 heterocycles. The molecule has 0 radical (unpaired) electrons. The first-order chi connectivity index (χ1) is 10.3. The molecule has 112 valence electrons. The van der Waals surface area contributed by atoms with Gasteiger partial charge in [-0.1, -0.05) is 43.3 Å². The van der Waals surface area contributed by atoms with Crippen molar-refractivity contribution in [2.24, 2.45) is 0 Å². The van der Waals surface area contributed by atoms with Gasteiger partial charge < -0.3 is 4.74 Å². The van der Waals surface area contributed by atoms with Crippen LogP contribution in [0.1, 0.15) is 30.9 Å². The summed E-state index contributed by atoms with van der Waals surface area (Å²) in [5.74, 6) is 2.16. The van der Waals surface area contributed by atoms with Crippen LogP contribution in [0.2, 0.25) is 0 Å². The normalized spacial score (nSPS) is 10.6. The van der Waals surface area contributed by atoms with Crippen molar-refractivity contribution in [3.05, 3.63) is 59.7 Å². The molecule has 0 saturated heterocycles. The summed E-state index contributed by atoms with van der Waals surface area (Å²) in [6, 6.07) is 17.0. The van der Waals surface area contributed by atoms with Crippen LogP contribution in [0.5, 0.6) is 5.75 Å². The molecule has 0 amide bonds. The number of aryl methyl sites for hydroxylation is 2. The zero-order chi connectivity index (χ0) is 14.9.